The van der Waals surface area contributed by atoms with Crippen molar-refractivity contribution in [2.75, 3.05) is 33.3 Å². The third kappa shape index (κ3) is 4.23. The quantitative estimate of drug-likeness (QED) is 0.743. The molecule has 0 spiro atoms. The lowest BCUT2D eigenvalue weighted by atomic mass is 9.94. The fourth-order valence-corrected chi connectivity index (χ4v) is 3.15. The topological polar surface area (TPSA) is 24.5 Å². The van der Waals surface area contributed by atoms with Crippen molar-refractivity contribution < 1.29 is 4.74 Å². The predicted octanol–water partition coefficient (Wildman–Crippen LogP) is 1.88. The first kappa shape index (κ1) is 13.3. The van der Waals surface area contributed by atoms with Crippen LogP contribution < -0.4 is 5.32 Å². The van der Waals surface area contributed by atoms with Crippen LogP contribution in [0.25, 0.3) is 0 Å². The molecule has 2 aliphatic heterocycles. The predicted molar refractivity (Wildman–Crippen MR) is 71.3 cm³/mol. The van der Waals surface area contributed by atoms with Crippen molar-refractivity contribution in [3.05, 3.63) is 0 Å². The third-order valence-electron chi connectivity index (χ3n) is 4.24. The van der Waals surface area contributed by atoms with Crippen LogP contribution in [0.5, 0.6) is 0 Å². The molecule has 1 N–H and O–H groups in total. The molecule has 0 aromatic heterocycles. The highest BCUT2D eigenvalue weighted by Crippen LogP contribution is 2.18. The molecule has 2 heterocycles. The van der Waals surface area contributed by atoms with Crippen LogP contribution in [-0.4, -0.2) is 50.3 Å². The Labute approximate surface area is 106 Å². The minimum Gasteiger partial charge on any atom is -0.378 e. The van der Waals surface area contributed by atoms with Crippen molar-refractivity contribution in [3.8, 4) is 0 Å². The first-order valence-electron chi connectivity index (χ1n) is 7.29. The van der Waals surface area contributed by atoms with Gasteiger partial charge in [-0.3, -0.25) is 0 Å². The maximum Gasteiger partial charge on any atom is 0.0576 e. The molecule has 100 valence electrons. The van der Waals surface area contributed by atoms with Gasteiger partial charge < -0.3 is 15.0 Å². The molecule has 3 nitrogen and oxygen atoms in total. The number of piperidine rings is 1. The third-order valence-corrected chi connectivity index (χ3v) is 4.24. The molecule has 3 heteroatoms. The van der Waals surface area contributed by atoms with E-state index >= 15 is 0 Å². The minimum atomic E-state index is 0.562. The standard InChI is InChI=1S/C14H28N2O/c1-12-11-16(2)9-7-14(12)15-8-3-5-13-6-4-10-17-13/h12-15H,3-11H2,1-2H3. The molecule has 3 atom stereocenters. The Bertz CT molecular complexity index is 216. The van der Waals surface area contributed by atoms with Crippen LogP contribution in [0.1, 0.15) is 39.0 Å². The number of nitrogens with one attached hydrogen (secondary N) is 1. The van der Waals surface area contributed by atoms with Crippen LogP contribution in [0.3, 0.4) is 0 Å². The largest absolute Gasteiger partial charge is 0.378 e. The molecule has 2 aliphatic rings. The van der Waals surface area contributed by atoms with E-state index in [-0.39, 0.29) is 0 Å². The highest BCUT2D eigenvalue weighted by Gasteiger charge is 2.23. The molecular weight excluding hydrogens is 212 g/mol. The average Bonchev–Trinajstić information content (AvgIpc) is 2.79. The molecule has 0 aliphatic carbocycles. The molecule has 2 rings (SSSR count). The van der Waals surface area contributed by atoms with Crippen LogP contribution in [0, 0.1) is 5.92 Å². The summed E-state index contributed by atoms with van der Waals surface area (Å²) in [7, 11) is 2.23. The van der Waals surface area contributed by atoms with Gasteiger partial charge in [0, 0.05) is 19.2 Å². The van der Waals surface area contributed by atoms with E-state index in [9.17, 15) is 0 Å². The summed E-state index contributed by atoms with van der Waals surface area (Å²) in [5.41, 5.74) is 0. The lowest BCUT2D eigenvalue weighted by molar-refractivity contribution is 0.101. The fraction of sp³-hybridized carbons (Fsp3) is 1.00. The monoisotopic (exact) mass is 240 g/mol. The van der Waals surface area contributed by atoms with Crippen LogP contribution in [0.2, 0.25) is 0 Å². The maximum atomic E-state index is 5.65. The summed E-state index contributed by atoms with van der Waals surface area (Å²) in [6, 6.07) is 0.732. The lowest BCUT2D eigenvalue weighted by Crippen LogP contribution is -2.47. The van der Waals surface area contributed by atoms with Gasteiger partial charge >= 0.3 is 0 Å². The second-order valence-corrected chi connectivity index (χ2v) is 5.87. The van der Waals surface area contributed by atoms with Crippen molar-refractivity contribution in [1.29, 1.82) is 0 Å². The molecule has 17 heavy (non-hydrogen) atoms. The van der Waals surface area contributed by atoms with E-state index in [0.29, 0.717) is 6.10 Å². The molecule has 0 bridgehead atoms. The molecule has 0 saturated carbocycles. The van der Waals surface area contributed by atoms with E-state index in [0.717, 1.165) is 18.6 Å². The average molecular weight is 240 g/mol. The number of hydrogen-bond donors (Lipinski definition) is 1. The highest BCUT2D eigenvalue weighted by molar-refractivity contribution is 4.81. The van der Waals surface area contributed by atoms with Gasteiger partial charge in [0.1, 0.15) is 0 Å². The molecule has 0 aromatic carbocycles. The molecule has 2 saturated heterocycles. The summed E-state index contributed by atoms with van der Waals surface area (Å²) in [6.07, 6.45) is 6.93. The van der Waals surface area contributed by atoms with Crippen molar-refractivity contribution in [1.82, 2.24) is 10.2 Å². The number of likely N-dealkylation sites (tertiary alicyclic amines) is 1. The SMILES string of the molecule is CC1CN(C)CCC1NCCCC1CCCO1. The summed E-state index contributed by atoms with van der Waals surface area (Å²) < 4.78 is 5.65. The van der Waals surface area contributed by atoms with Gasteiger partial charge in [0.15, 0.2) is 0 Å². The van der Waals surface area contributed by atoms with Gasteiger partial charge in [-0.15, -0.1) is 0 Å². The van der Waals surface area contributed by atoms with Crippen molar-refractivity contribution in [3.63, 3.8) is 0 Å². The Morgan fingerprint density at radius 3 is 2.94 bits per heavy atom. The van der Waals surface area contributed by atoms with Crippen LogP contribution in [0.4, 0.5) is 0 Å². The van der Waals surface area contributed by atoms with Gasteiger partial charge in [0.2, 0.25) is 0 Å². The van der Waals surface area contributed by atoms with Crippen LogP contribution in [-0.2, 0) is 4.74 Å². The van der Waals surface area contributed by atoms with E-state index in [2.05, 4.69) is 24.2 Å². The van der Waals surface area contributed by atoms with Crippen LogP contribution in [0.15, 0.2) is 0 Å². The Morgan fingerprint density at radius 1 is 1.35 bits per heavy atom. The Hall–Kier alpha value is -0.120. The number of rotatable bonds is 5. The molecule has 0 radical (unpaired) electrons. The van der Waals surface area contributed by atoms with E-state index in [1.54, 1.807) is 0 Å². The van der Waals surface area contributed by atoms with Gasteiger partial charge in [-0.2, -0.15) is 0 Å². The Morgan fingerprint density at radius 2 is 2.24 bits per heavy atom. The smallest absolute Gasteiger partial charge is 0.0576 e. The minimum absolute atomic E-state index is 0.562. The summed E-state index contributed by atoms with van der Waals surface area (Å²) in [5, 5.41) is 3.73. The number of hydrogen-bond acceptors (Lipinski definition) is 3. The van der Waals surface area contributed by atoms with Gasteiger partial charge in [-0.25, -0.2) is 0 Å². The fourth-order valence-electron chi connectivity index (χ4n) is 3.15. The first-order chi connectivity index (χ1) is 8.25. The molecule has 0 aromatic rings. The summed E-state index contributed by atoms with van der Waals surface area (Å²) in [6.45, 7) is 7.01. The first-order valence-corrected chi connectivity index (χ1v) is 7.29. The van der Waals surface area contributed by atoms with Crippen LogP contribution >= 0.6 is 0 Å². The zero-order valence-electron chi connectivity index (χ0n) is 11.5. The van der Waals surface area contributed by atoms with Crippen molar-refractivity contribution >= 4 is 0 Å². The Balaban J connectivity index is 1.55. The van der Waals surface area contributed by atoms with Gasteiger partial charge in [0.25, 0.3) is 0 Å². The second-order valence-electron chi connectivity index (χ2n) is 5.87. The van der Waals surface area contributed by atoms with E-state index in [1.165, 1.54) is 51.7 Å². The highest BCUT2D eigenvalue weighted by atomic mass is 16.5. The number of nitrogens with zero attached hydrogens (tertiary/aromatic N) is 1. The van der Waals surface area contributed by atoms with E-state index in [1.807, 2.05) is 0 Å². The zero-order valence-corrected chi connectivity index (χ0v) is 11.5. The van der Waals surface area contributed by atoms with Gasteiger partial charge in [0.05, 0.1) is 6.10 Å². The maximum absolute atomic E-state index is 5.65. The zero-order chi connectivity index (χ0) is 12.1. The summed E-state index contributed by atoms with van der Waals surface area (Å²) in [5.74, 6) is 0.788. The Kier molecular flexibility index (Phi) is 5.26. The number of ether oxygens (including phenoxy) is 1. The molecular formula is C14H28N2O. The molecule has 2 fully saturated rings. The van der Waals surface area contributed by atoms with Gasteiger partial charge in [-0.05, 0) is 58.2 Å². The molecule has 0 amide bonds. The molecule has 3 unspecified atom stereocenters. The normalized spacial score (nSPS) is 35.3. The summed E-state index contributed by atoms with van der Waals surface area (Å²) in [4.78, 5) is 2.44. The van der Waals surface area contributed by atoms with Crippen molar-refractivity contribution in [2.24, 2.45) is 5.92 Å². The second kappa shape index (κ2) is 6.72. The summed E-state index contributed by atoms with van der Waals surface area (Å²) >= 11 is 0. The van der Waals surface area contributed by atoms with E-state index in [4.69, 9.17) is 4.74 Å². The van der Waals surface area contributed by atoms with Gasteiger partial charge in [-0.1, -0.05) is 6.92 Å². The lowest BCUT2D eigenvalue weighted by Gasteiger charge is -2.35. The van der Waals surface area contributed by atoms with E-state index < -0.39 is 0 Å². The van der Waals surface area contributed by atoms with Crippen molar-refractivity contribution in [2.45, 2.75) is 51.2 Å².